The summed E-state index contributed by atoms with van der Waals surface area (Å²) < 4.78 is 6.56. The van der Waals surface area contributed by atoms with Crippen molar-refractivity contribution in [3.63, 3.8) is 0 Å². The predicted molar refractivity (Wildman–Crippen MR) is 103 cm³/mol. The van der Waals surface area contributed by atoms with Crippen LogP contribution in [0, 0.1) is 0 Å². The fraction of sp³-hybridized carbons (Fsp3) is 0.250. The first kappa shape index (κ1) is 18.4. The van der Waals surface area contributed by atoms with Crippen molar-refractivity contribution in [2.45, 2.75) is 19.4 Å². The highest BCUT2D eigenvalue weighted by atomic mass is 16.5. The maximum absolute atomic E-state index is 12.1. The Hall–Kier alpha value is -3.35. The van der Waals surface area contributed by atoms with Crippen molar-refractivity contribution >= 4 is 16.9 Å². The van der Waals surface area contributed by atoms with Gasteiger partial charge in [0.2, 0.25) is 5.91 Å². The number of nitrogens with one attached hydrogen (secondary N) is 2. The van der Waals surface area contributed by atoms with Crippen molar-refractivity contribution in [1.29, 1.82) is 0 Å². The van der Waals surface area contributed by atoms with Gasteiger partial charge in [-0.05, 0) is 36.2 Å². The highest BCUT2D eigenvalue weighted by molar-refractivity contribution is 5.76. The van der Waals surface area contributed by atoms with Crippen molar-refractivity contribution < 1.29 is 9.53 Å². The SMILES string of the molecule is COc1cccc(CCC(=O)NCCn2c(=O)c(=O)[nH]c3ccccc32)c1. The zero-order valence-corrected chi connectivity index (χ0v) is 15.0. The maximum Gasteiger partial charge on any atom is 0.316 e. The van der Waals surface area contributed by atoms with Gasteiger partial charge >= 0.3 is 11.1 Å². The molecule has 0 spiro atoms. The van der Waals surface area contributed by atoms with E-state index in [1.807, 2.05) is 24.3 Å². The van der Waals surface area contributed by atoms with Gasteiger partial charge in [-0.3, -0.25) is 14.4 Å². The normalized spacial score (nSPS) is 10.7. The first-order chi connectivity index (χ1) is 13.1. The summed E-state index contributed by atoms with van der Waals surface area (Å²) in [7, 11) is 1.60. The van der Waals surface area contributed by atoms with Gasteiger partial charge in [-0.15, -0.1) is 0 Å². The Kier molecular flexibility index (Phi) is 5.71. The van der Waals surface area contributed by atoms with E-state index in [2.05, 4.69) is 10.3 Å². The molecule has 2 N–H and O–H groups in total. The fourth-order valence-electron chi connectivity index (χ4n) is 2.93. The number of hydrogen-bond donors (Lipinski definition) is 2. The van der Waals surface area contributed by atoms with Crippen LogP contribution in [0.25, 0.3) is 11.0 Å². The van der Waals surface area contributed by atoms with Crippen LogP contribution in [0.3, 0.4) is 0 Å². The topological polar surface area (TPSA) is 93.2 Å². The maximum atomic E-state index is 12.1. The molecular weight excluding hydrogens is 346 g/mol. The quantitative estimate of drug-likeness (QED) is 0.618. The molecule has 7 nitrogen and oxygen atoms in total. The van der Waals surface area contributed by atoms with Gasteiger partial charge in [0.1, 0.15) is 5.75 Å². The van der Waals surface area contributed by atoms with E-state index >= 15 is 0 Å². The van der Waals surface area contributed by atoms with Gasteiger partial charge < -0.3 is 19.6 Å². The van der Waals surface area contributed by atoms with Crippen LogP contribution < -0.4 is 21.2 Å². The fourth-order valence-corrected chi connectivity index (χ4v) is 2.93. The van der Waals surface area contributed by atoms with Crippen LogP contribution in [0.2, 0.25) is 0 Å². The van der Waals surface area contributed by atoms with Gasteiger partial charge in [-0.1, -0.05) is 24.3 Å². The minimum atomic E-state index is -0.668. The number of hydrogen-bond acceptors (Lipinski definition) is 4. The molecule has 0 atom stereocenters. The summed E-state index contributed by atoms with van der Waals surface area (Å²) in [6, 6.07) is 14.7. The second kappa shape index (κ2) is 8.35. The molecule has 0 aliphatic heterocycles. The molecule has 1 amide bonds. The first-order valence-electron chi connectivity index (χ1n) is 8.70. The van der Waals surface area contributed by atoms with Gasteiger partial charge in [-0.25, -0.2) is 0 Å². The molecule has 0 saturated carbocycles. The Balaban J connectivity index is 1.59. The van der Waals surface area contributed by atoms with Crippen molar-refractivity contribution in [1.82, 2.24) is 14.9 Å². The number of fused-ring (bicyclic) bond motifs is 1. The Morgan fingerprint density at radius 1 is 1.15 bits per heavy atom. The lowest BCUT2D eigenvalue weighted by Crippen LogP contribution is -2.39. The highest BCUT2D eigenvalue weighted by Crippen LogP contribution is 2.13. The van der Waals surface area contributed by atoms with Gasteiger partial charge in [0, 0.05) is 19.5 Å². The number of aromatic amines is 1. The van der Waals surface area contributed by atoms with Crippen molar-refractivity contribution in [2.75, 3.05) is 13.7 Å². The number of carbonyl (C=O) groups excluding carboxylic acids is 1. The summed E-state index contributed by atoms with van der Waals surface area (Å²) in [5, 5.41) is 2.80. The summed E-state index contributed by atoms with van der Waals surface area (Å²) in [5.74, 6) is 0.647. The largest absolute Gasteiger partial charge is 0.497 e. The molecule has 1 heterocycles. The second-order valence-corrected chi connectivity index (χ2v) is 6.13. The number of carbonyl (C=O) groups is 1. The number of H-pyrrole nitrogens is 1. The molecule has 7 heteroatoms. The lowest BCUT2D eigenvalue weighted by Gasteiger charge is -2.10. The van der Waals surface area contributed by atoms with Crippen LogP contribution >= 0.6 is 0 Å². The number of amides is 1. The lowest BCUT2D eigenvalue weighted by atomic mass is 10.1. The summed E-state index contributed by atoms with van der Waals surface area (Å²) in [6.45, 7) is 0.498. The smallest absolute Gasteiger partial charge is 0.316 e. The van der Waals surface area contributed by atoms with E-state index in [1.54, 1.807) is 31.4 Å². The molecule has 3 rings (SSSR count). The average molecular weight is 367 g/mol. The zero-order chi connectivity index (χ0) is 19.2. The number of methoxy groups -OCH3 is 1. The standard InChI is InChI=1S/C20H21N3O4/c1-27-15-6-4-5-14(13-15)9-10-18(24)21-11-12-23-17-8-3-2-7-16(17)22-19(25)20(23)26/h2-8,13H,9-12H2,1H3,(H,21,24)(H,22,25). The molecule has 1 aromatic heterocycles. The van der Waals surface area contributed by atoms with Gasteiger partial charge in [0.25, 0.3) is 0 Å². The minimum Gasteiger partial charge on any atom is -0.497 e. The van der Waals surface area contributed by atoms with E-state index in [4.69, 9.17) is 4.74 Å². The molecule has 3 aromatic rings. The molecule has 0 fully saturated rings. The van der Waals surface area contributed by atoms with Crippen LogP contribution in [0.15, 0.2) is 58.1 Å². The van der Waals surface area contributed by atoms with Crippen molar-refractivity contribution in [3.05, 3.63) is 74.8 Å². The van der Waals surface area contributed by atoms with Gasteiger partial charge in [0.05, 0.1) is 18.1 Å². The van der Waals surface area contributed by atoms with Crippen molar-refractivity contribution in [2.24, 2.45) is 0 Å². The molecule has 0 radical (unpaired) electrons. The Bertz CT molecular complexity index is 1070. The van der Waals surface area contributed by atoms with E-state index in [0.29, 0.717) is 23.9 Å². The Morgan fingerprint density at radius 2 is 1.96 bits per heavy atom. The number of aryl methyl sites for hydroxylation is 1. The predicted octanol–water partition coefficient (Wildman–Crippen LogP) is 1.45. The number of aromatic nitrogens is 2. The number of rotatable bonds is 7. The second-order valence-electron chi connectivity index (χ2n) is 6.13. The van der Waals surface area contributed by atoms with Crippen LogP contribution in [0.5, 0.6) is 5.75 Å². The van der Waals surface area contributed by atoms with E-state index in [0.717, 1.165) is 11.3 Å². The van der Waals surface area contributed by atoms with E-state index in [1.165, 1.54) is 4.57 Å². The zero-order valence-electron chi connectivity index (χ0n) is 15.0. The van der Waals surface area contributed by atoms with E-state index in [9.17, 15) is 14.4 Å². The van der Waals surface area contributed by atoms with Crippen molar-refractivity contribution in [3.8, 4) is 5.75 Å². The van der Waals surface area contributed by atoms with Crippen LogP contribution in [-0.4, -0.2) is 29.1 Å². The number of ether oxygens (including phenoxy) is 1. The summed E-state index contributed by atoms with van der Waals surface area (Å²) in [4.78, 5) is 38.5. The molecule has 0 saturated heterocycles. The third-order valence-corrected chi connectivity index (χ3v) is 4.31. The minimum absolute atomic E-state index is 0.111. The van der Waals surface area contributed by atoms with E-state index < -0.39 is 11.1 Å². The average Bonchev–Trinajstić information content (AvgIpc) is 2.69. The molecular formula is C20H21N3O4. The highest BCUT2D eigenvalue weighted by Gasteiger charge is 2.08. The molecule has 140 valence electrons. The Labute approximate surface area is 155 Å². The van der Waals surface area contributed by atoms with Crippen LogP contribution in [-0.2, 0) is 17.8 Å². The molecule has 27 heavy (non-hydrogen) atoms. The van der Waals surface area contributed by atoms with Crippen LogP contribution in [0.4, 0.5) is 0 Å². The monoisotopic (exact) mass is 367 g/mol. The third-order valence-electron chi connectivity index (χ3n) is 4.31. The Morgan fingerprint density at radius 3 is 2.78 bits per heavy atom. The molecule has 0 aliphatic carbocycles. The number of para-hydroxylation sites is 2. The molecule has 0 unspecified atom stereocenters. The molecule has 0 bridgehead atoms. The third kappa shape index (κ3) is 4.44. The molecule has 2 aromatic carbocycles. The van der Waals surface area contributed by atoms with Gasteiger partial charge in [-0.2, -0.15) is 0 Å². The summed E-state index contributed by atoms with van der Waals surface area (Å²) in [5.41, 5.74) is 0.942. The first-order valence-corrected chi connectivity index (χ1v) is 8.70. The lowest BCUT2D eigenvalue weighted by molar-refractivity contribution is -0.121. The van der Waals surface area contributed by atoms with E-state index in [-0.39, 0.29) is 19.0 Å². The number of nitrogens with zero attached hydrogens (tertiary/aromatic N) is 1. The summed E-state index contributed by atoms with van der Waals surface area (Å²) >= 11 is 0. The number of benzene rings is 2. The van der Waals surface area contributed by atoms with Crippen LogP contribution in [0.1, 0.15) is 12.0 Å². The van der Waals surface area contributed by atoms with Gasteiger partial charge in [0.15, 0.2) is 0 Å². The summed E-state index contributed by atoms with van der Waals surface area (Å²) in [6.07, 6.45) is 0.926. The molecule has 0 aliphatic rings.